The topological polar surface area (TPSA) is 37.3 Å². The standard InChI is InChI=1S/C4H11O2P.Al.3H/c1-4(2,3)7(5)6;;;;/h7H,1-3H3,(H,5,6);;;;. The Morgan fingerprint density at radius 1 is 1.38 bits per heavy atom. The van der Waals surface area contributed by atoms with E-state index in [1.165, 1.54) is 0 Å². The van der Waals surface area contributed by atoms with E-state index < -0.39 is 13.2 Å². The fraction of sp³-hybridized carbons (Fsp3) is 1.00. The monoisotopic (exact) mass is 152 g/mol. The molecule has 50 valence electrons. The Labute approximate surface area is 61.3 Å². The summed E-state index contributed by atoms with van der Waals surface area (Å²) in [6.07, 6.45) is 0. The normalized spacial score (nSPS) is 14.5. The first-order valence-corrected chi connectivity index (χ1v) is 3.53. The molecule has 0 rings (SSSR count). The van der Waals surface area contributed by atoms with Gasteiger partial charge in [-0.3, -0.25) is 4.57 Å². The minimum absolute atomic E-state index is 0. The minimum Gasteiger partial charge on any atom is -0.346 e. The van der Waals surface area contributed by atoms with Crippen molar-refractivity contribution in [1.29, 1.82) is 0 Å². The molecular weight excluding hydrogens is 138 g/mol. The fourth-order valence-corrected chi connectivity index (χ4v) is 0. The maximum absolute atomic E-state index is 10.2. The van der Waals surface area contributed by atoms with E-state index in [1.54, 1.807) is 20.8 Å². The van der Waals surface area contributed by atoms with Crippen molar-refractivity contribution in [3.05, 3.63) is 0 Å². The summed E-state index contributed by atoms with van der Waals surface area (Å²) < 4.78 is 10.2. The molecule has 0 aliphatic heterocycles. The van der Waals surface area contributed by atoms with E-state index in [9.17, 15) is 4.57 Å². The molecule has 8 heavy (non-hydrogen) atoms. The molecule has 1 unspecified atom stereocenters. The van der Waals surface area contributed by atoms with Gasteiger partial charge in [-0.05, 0) is 0 Å². The van der Waals surface area contributed by atoms with Gasteiger partial charge in [0, 0.05) is 5.16 Å². The zero-order valence-corrected chi connectivity index (χ0v) is 5.86. The van der Waals surface area contributed by atoms with Gasteiger partial charge in [-0.25, -0.2) is 0 Å². The first kappa shape index (κ1) is 11.5. The van der Waals surface area contributed by atoms with E-state index in [1.807, 2.05) is 0 Å². The molecule has 0 aromatic heterocycles. The maximum atomic E-state index is 10.2. The van der Waals surface area contributed by atoms with E-state index in [4.69, 9.17) is 4.89 Å². The molecular formula is C4H14AlO2P. The van der Waals surface area contributed by atoms with E-state index in [-0.39, 0.29) is 17.4 Å². The zero-order chi connectivity index (χ0) is 6.08. The lowest BCUT2D eigenvalue weighted by Gasteiger charge is -2.11. The molecule has 0 spiro atoms. The van der Waals surface area contributed by atoms with Gasteiger partial charge in [0.05, 0.1) is 0 Å². The number of hydrogen-bond acceptors (Lipinski definition) is 1. The van der Waals surface area contributed by atoms with Gasteiger partial charge < -0.3 is 4.89 Å². The van der Waals surface area contributed by atoms with Gasteiger partial charge in [0.25, 0.3) is 0 Å². The van der Waals surface area contributed by atoms with Crippen LogP contribution in [0.2, 0.25) is 0 Å². The quantitative estimate of drug-likeness (QED) is 0.394. The Balaban J connectivity index is 0. The van der Waals surface area contributed by atoms with Crippen LogP contribution in [0.15, 0.2) is 0 Å². The smallest absolute Gasteiger partial charge is 0.194 e. The maximum Gasteiger partial charge on any atom is 0.194 e. The van der Waals surface area contributed by atoms with Gasteiger partial charge in [0.15, 0.2) is 25.4 Å². The summed E-state index contributed by atoms with van der Waals surface area (Å²) >= 11 is 0. The predicted molar refractivity (Wildman–Crippen MR) is 40.9 cm³/mol. The lowest BCUT2D eigenvalue weighted by atomic mass is 10.3. The molecule has 0 aromatic rings. The lowest BCUT2D eigenvalue weighted by Crippen LogP contribution is -2.05. The summed E-state index contributed by atoms with van der Waals surface area (Å²) in [6.45, 7) is 5.23. The Morgan fingerprint density at radius 2 is 1.50 bits per heavy atom. The minimum atomic E-state index is -2.30. The van der Waals surface area contributed by atoms with Crippen molar-refractivity contribution in [2.24, 2.45) is 0 Å². The molecule has 0 heterocycles. The van der Waals surface area contributed by atoms with E-state index in [0.29, 0.717) is 0 Å². The highest BCUT2D eigenvalue weighted by molar-refractivity contribution is 7.39. The Morgan fingerprint density at radius 3 is 1.50 bits per heavy atom. The number of rotatable bonds is 0. The van der Waals surface area contributed by atoms with Gasteiger partial charge in [0.1, 0.15) is 0 Å². The van der Waals surface area contributed by atoms with Crippen LogP contribution in [0.25, 0.3) is 0 Å². The van der Waals surface area contributed by atoms with E-state index in [2.05, 4.69) is 0 Å². The van der Waals surface area contributed by atoms with Gasteiger partial charge >= 0.3 is 0 Å². The third kappa shape index (κ3) is 4.87. The van der Waals surface area contributed by atoms with Crippen molar-refractivity contribution in [3.63, 3.8) is 0 Å². The largest absolute Gasteiger partial charge is 0.346 e. The van der Waals surface area contributed by atoms with Gasteiger partial charge in [-0.2, -0.15) is 0 Å². The zero-order valence-electron chi connectivity index (χ0n) is 4.86. The van der Waals surface area contributed by atoms with Crippen LogP contribution in [0.4, 0.5) is 0 Å². The summed E-state index contributed by atoms with van der Waals surface area (Å²) in [5.74, 6) is 0. The molecule has 0 fully saturated rings. The predicted octanol–water partition coefficient (Wildman–Crippen LogP) is 0.0680. The highest BCUT2D eigenvalue weighted by atomic mass is 31.1. The first-order chi connectivity index (χ1) is 2.94. The second-order valence-electron chi connectivity index (χ2n) is 2.56. The van der Waals surface area contributed by atoms with Crippen LogP contribution in [0.1, 0.15) is 20.8 Å². The molecule has 2 nitrogen and oxygen atoms in total. The average molecular weight is 152 g/mol. The molecule has 0 aliphatic rings. The van der Waals surface area contributed by atoms with Gasteiger partial charge in [-0.1, -0.05) is 20.8 Å². The van der Waals surface area contributed by atoms with Crippen LogP contribution in [0.5, 0.6) is 0 Å². The summed E-state index contributed by atoms with van der Waals surface area (Å²) in [6, 6.07) is 0. The summed E-state index contributed by atoms with van der Waals surface area (Å²) in [5, 5.41) is -0.398. The average Bonchev–Trinajstić information content (AvgIpc) is 1.31. The van der Waals surface area contributed by atoms with Crippen molar-refractivity contribution in [1.82, 2.24) is 0 Å². The second-order valence-corrected chi connectivity index (χ2v) is 4.67. The van der Waals surface area contributed by atoms with Crippen molar-refractivity contribution < 1.29 is 9.46 Å². The molecule has 0 amide bonds. The van der Waals surface area contributed by atoms with Crippen LogP contribution in [0, 0.1) is 0 Å². The molecule has 0 saturated carbocycles. The van der Waals surface area contributed by atoms with Gasteiger partial charge in [-0.15, -0.1) is 0 Å². The third-order valence-electron chi connectivity index (χ3n) is 0.642. The van der Waals surface area contributed by atoms with Crippen LogP contribution >= 0.6 is 8.03 Å². The van der Waals surface area contributed by atoms with E-state index >= 15 is 0 Å². The molecule has 0 aliphatic carbocycles. The summed E-state index contributed by atoms with van der Waals surface area (Å²) in [4.78, 5) is 8.44. The molecule has 1 atom stereocenters. The molecule has 1 N–H and O–H groups in total. The molecule has 4 heteroatoms. The molecule has 0 radical (unpaired) electrons. The lowest BCUT2D eigenvalue weighted by molar-refractivity contribution is 0.473. The highest BCUT2D eigenvalue weighted by Gasteiger charge is 2.15. The van der Waals surface area contributed by atoms with Crippen molar-refractivity contribution in [2.45, 2.75) is 25.9 Å². The van der Waals surface area contributed by atoms with Crippen molar-refractivity contribution in [2.75, 3.05) is 0 Å². The molecule has 0 aromatic carbocycles. The third-order valence-corrected chi connectivity index (χ3v) is 1.92. The van der Waals surface area contributed by atoms with Gasteiger partial charge in [0.2, 0.25) is 0 Å². The second kappa shape index (κ2) is 3.69. The molecule has 0 bridgehead atoms. The van der Waals surface area contributed by atoms with Crippen LogP contribution in [-0.2, 0) is 4.57 Å². The number of hydrogen-bond donors (Lipinski definition) is 1. The Hall–Kier alpha value is 0.722. The van der Waals surface area contributed by atoms with E-state index in [0.717, 1.165) is 0 Å². The first-order valence-electron chi connectivity index (χ1n) is 2.18. The molecule has 0 saturated heterocycles. The summed E-state index contributed by atoms with van der Waals surface area (Å²) in [7, 11) is -2.30. The van der Waals surface area contributed by atoms with Crippen LogP contribution in [-0.4, -0.2) is 27.4 Å². The SMILES string of the molecule is CC(C)(C)[PH](=O)O.[AlH3]. The highest BCUT2D eigenvalue weighted by Crippen LogP contribution is 2.32. The summed E-state index contributed by atoms with van der Waals surface area (Å²) in [5.41, 5.74) is 0. The van der Waals surface area contributed by atoms with Crippen LogP contribution < -0.4 is 0 Å². The Bertz CT molecular complexity index is 86.5. The van der Waals surface area contributed by atoms with Crippen LogP contribution in [0.3, 0.4) is 0 Å². The fourth-order valence-electron chi connectivity index (χ4n) is 0. The van der Waals surface area contributed by atoms with Crippen molar-refractivity contribution in [3.8, 4) is 0 Å². The Kier molecular flexibility index (Phi) is 5.31. The van der Waals surface area contributed by atoms with Crippen molar-refractivity contribution >= 4 is 25.4 Å².